The Hall–Kier alpha value is -0.580. The highest BCUT2D eigenvalue weighted by atomic mass is 16.5. The Labute approximate surface area is 84.9 Å². The number of rotatable bonds is 6. The van der Waals surface area contributed by atoms with Crippen molar-refractivity contribution in [1.29, 1.82) is 0 Å². The fourth-order valence-electron chi connectivity index (χ4n) is 1.40. The van der Waals surface area contributed by atoms with Crippen molar-refractivity contribution in [2.75, 3.05) is 26.8 Å². The second kappa shape index (κ2) is 6.81. The van der Waals surface area contributed by atoms with Gasteiger partial charge in [-0.25, -0.2) is 0 Å². The van der Waals surface area contributed by atoms with E-state index >= 15 is 0 Å². The zero-order valence-electron chi connectivity index (χ0n) is 8.61. The molecule has 1 rings (SSSR count). The summed E-state index contributed by atoms with van der Waals surface area (Å²) in [7, 11) is 1.58. The van der Waals surface area contributed by atoms with Gasteiger partial charge in [-0.15, -0.1) is 0 Å². The van der Waals surface area contributed by atoms with Crippen molar-refractivity contribution in [3.63, 3.8) is 0 Å². The van der Waals surface area contributed by atoms with Gasteiger partial charge in [0.2, 0.25) is 0 Å². The second-order valence-corrected chi connectivity index (χ2v) is 3.47. The van der Waals surface area contributed by atoms with Crippen molar-refractivity contribution < 1.29 is 14.6 Å². The number of allylic oxidation sites excluding steroid dienone is 1. The first-order valence-electron chi connectivity index (χ1n) is 5.01. The summed E-state index contributed by atoms with van der Waals surface area (Å²) < 4.78 is 10.2. The molecule has 0 radical (unpaired) electrons. The third-order valence-electron chi connectivity index (χ3n) is 2.13. The van der Waals surface area contributed by atoms with Gasteiger partial charge in [0, 0.05) is 20.2 Å². The molecule has 1 heterocycles. The third kappa shape index (κ3) is 4.60. The van der Waals surface area contributed by atoms with Crippen molar-refractivity contribution in [2.24, 2.45) is 0 Å². The first kappa shape index (κ1) is 11.5. The number of hydrogen-bond acceptors (Lipinski definition) is 4. The number of hydrogen-bond donors (Lipinski definition) is 2. The van der Waals surface area contributed by atoms with E-state index in [0.29, 0.717) is 13.2 Å². The Kier molecular flexibility index (Phi) is 5.59. The van der Waals surface area contributed by atoms with Crippen LogP contribution in [0, 0.1) is 0 Å². The van der Waals surface area contributed by atoms with Gasteiger partial charge in [-0.3, -0.25) is 0 Å². The average molecular weight is 201 g/mol. The summed E-state index contributed by atoms with van der Waals surface area (Å²) in [5.41, 5.74) is 0. The molecule has 0 aromatic rings. The van der Waals surface area contributed by atoms with Gasteiger partial charge in [0.1, 0.15) is 6.10 Å². The fraction of sp³-hybridized carbons (Fsp3) is 0.800. The molecule has 0 aromatic heterocycles. The van der Waals surface area contributed by atoms with E-state index < -0.39 is 6.10 Å². The predicted octanol–water partition coefficient (Wildman–Crippen LogP) is 0.276. The highest BCUT2D eigenvalue weighted by Gasteiger charge is 2.11. The van der Waals surface area contributed by atoms with Gasteiger partial charge < -0.3 is 19.9 Å². The van der Waals surface area contributed by atoms with Crippen molar-refractivity contribution in [2.45, 2.75) is 25.0 Å². The van der Waals surface area contributed by atoms with E-state index in [9.17, 15) is 5.11 Å². The summed E-state index contributed by atoms with van der Waals surface area (Å²) in [6, 6.07) is 0. The van der Waals surface area contributed by atoms with Gasteiger partial charge in [-0.2, -0.15) is 0 Å². The molecule has 1 aliphatic heterocycles. The molecule has 2 unspecified atom stereocenters. The molecule has 2 N–H and O–H groups in total. The van der Waals surface area contributed by atoms with Gasteiger partial charge in [0.25, 0.3) is 0 Å². The quantitative estimate of drug-likeness (QED) is 0.648. The molecule has 0 spiro atoms. The summed E-state index contributed by atoms with van der Waals surface area (Å²) >= 11 is 0. The monoisotopic (exact) mass is 201 g/mol. The summed E-state index contributed by atoms with van der Waals surface area (Å²) in [6.07, 6.45) is 5.71. The minimum atomic E-state index is -0.431. The van der Waals surface area contributed by atoms with Crippen LogP contribution >= 0.6 is 0 Å². The van der Waals surface area contributed by atoms with Crippen LogP contribution in [0.25, 0.3) is 0 Å². The molecular weight excluding hydrogens is 182 g/mol. The maximum atomic E-state index is 9.34. The Morgan fingerprint density at radius 3 is 3.21 bits per heavy atom. The van der Waals surface area contributed by atoms with Gasteiger partial charge in [-0.1, -0.05) is 0 Å². The summed E-state index contributed by atoms with van der Waals surface area (Å²) in [4.78, 5) is 0. The SMILES string of the molecule is COCC(O)CNCC1CCC=CO1. The van der Waals surface area contributed by atoms with Crippen molar-refractivity contribution in [3.05, 3.63) is 12.3 Å². The van der Waals surface area contributed by atoms with Crippen LogP contribution in [0.4, 0.5) is 0 Å². The van der Waals surface area contributed by atoms with Crippen molar-refractivity contribution in [3.8, 4) is 0 Å². The smallest absolute Gasteiger partial charge is 0.110 e. The zero-order valence-corrected chi connectivity index (χ0v) is 8.61. The summed E-state index contributed by atoms with van der Waals surface area (Å²) in [6.45, 7) is 1.71. The van der Waals surface area contributed by atoms with E-state index in [1.165, 1.54) is 0 Å². The minimum Gasteiger partial charge on any atom is -0.497 e. The topological polar surface area (TPSA) is 50.7 Å². The molecular formula is C10H19NO3. The van der Waals surface area contributed by atoms with Gasteiger partial charge in [0.15, 0.2) is 0 Å². The van der Waals surface area contributed by atoms with Gasteiger partial charge >= 0.3 is 0 Å². The highest BCUT2D eigenvalue weighted by molar-refractivity contribution is 4.83. The lowest BCUT2D eigenvalue weighted by atomic mass is 10.1. The normalized spacial score (nSPS) is 23.1. The predicted molar refractivity (Wildman–Crippen MR) is 54.0 cm³/mol. The van der Waals surface area contributed by atoms with E-state index in [-0.39, 0.29) is 6.10 Å². The van der Waals surface area contributed by atoms with Crippen molar-refractivity contribution in [1.82, 2.24) is 5.32 Å². The average Bonchev–Trinajstić information content (AvgIpc) is 2.20. The lowest BCUT2D eigenvalue weighted by Gasteiger charge is -2.20. The molecule has 82 valence electrons. The molecule has 0 amide bonds. The van der Waals surface area contributed by atoms with Crippen LogP contribution in [0.15, 0.2) is 12.3 Å². The van der Waals surface area contributed by atoms with E-state index in [4.69, 9.17) is 9.47 Å². The Morgan fingerprint density at radius 1 is 1.71 bits per heavy atom. The summed E-state index contributed by atoms with van der Waals surface area (Å²) in [5, 5.41) is 12.5. The molecule has 0 aromatic carbocycles. The number of ether oxygens (including phenoxy) is 2. The lowest BCUT2D eigenvalue weighted by molar-refractivity contribution is 0.0595. The van der Waals surface area contributed by atoms with Crippen LogP contribution in [0.3, 0.4) is 0 Å². The first-order chi connectivity index (χ1) is 6.83. The Balaban J connectivity index is 2.00. The standard InChI is InChI=1S/C10H19NO3/c1-13-8-9(12)6-11-7-10-4-2-3-5-14-10/h3,5,9-12H,2,4,6-8H2,1H3. The molecule has 0 saturated heterocycles. The number of methoxy groups -OCH3 is 1. The number of aliphatic hydroxyl groups is 1. The Morgan fingerprint density at radius 2 is 2.57 bits per heavy atom. The van der Waals surface area contributed by atoms with E-state index in [1.807, 2.05) is 6.08 Å². The van der Waals surface area contributed by atoms with Crippen molar-refractivity contribution >= 4 is 0 Å². The highest BCUT2D eigenvalue weighted by Crippen LogP contribution is 2.08. The Bertz CT molecular complexity index is 173. The largest absolute Gasteiger partial charge is 0.497 e. The minimum absolute atomic E-state index is 0.245. The van der Waals surface area contributed by atoms with Crippen LogP contribution in [-0.2, 0) is 9.47 Å². The number of nitrogens with one attached hydrogen (secondary N) is 1. The van der Waals surface area contributed by atoms with E-state index in [2.05, 4.69) is 5.32 Å². The molecule has 0 bridgehead atoms. The molecule has 0 saturated carbocycles. The van der Waals surface area contributed by atoms with Crippen LogP contribution in [0.1, 0.15) is 12.8 Å². The first-order valence-corrected chi connectivity index (χ1v) is 5.01. The van der Waals surface area contributed by atoms with Crippen LogP contribution < -0.4 is 5.32 Å². The van der Waals surface area contributed by atoms with Crippen LogP contribution in [0.2, 0.25) is 0 Å². The van der Waals surface area contributed by atoms with Gasteiger partial charge in [0.05, 0.1) is 19.0 Å². The maximum absolute atomic E-state index is 9.34. The molecule has 2 atom stereocenters. The second-order valence-electron chi connectivity index (χ2n) is 3.47. The molecule has 1 aliphatic rings. The third-order valence-corrected chi connectivity index (χ3v) is 2.13. The molecule has 0 aliphatic carbocycles. The molecule has 4 nitrogen and oxygen atoms in total. The number of aliphatic hydroxyl groups excluding tert-OH is 1. The molecule has 4 heteroatoms. The van der Waals surface area contributed by atoms with Crippen LogP contribution in [0.5, 0.6) is 0 Å². The van der Waals surface area contributed by atoms with Gasteiger partial charge in [-0.05, 0) is 18.9 Å². The zero-order chi connectivity index (χ0) is 10.2. The van der Waals surface area contributed by atoms with E-state index in [1.54, 1.807) is 13.4 Å². The maximum Gasteiger partial charge on any atom is 0.110 e. The molecule has 14 heavy (non-hydrogen) atoms. The van der Waals surface area contributed by atoms with E-state index in [0.717, 1.165) is 19.4 Å². The summed E-state index contributed by atoms with van der Waals surface area (Å²) in [5.74, 6) is 0. The molecule has 0 fully saturated rings. The fourth-order valence-corrected chi connectivity index (χ4v) is 1.40. The van der Waals surface area contributed by atoms with Crippen LogP contribution in [-0.4, -0.2) is 44.1 Å². The lowest BCUT2D eigenvalue weighted by Crippen LogP contribution is -2.36.